The molecule has 78 valence electrons. The summed E-state index contributed by atoms with van der Waals surface area (Å²) in [5, 5.41) is 9.21. The molecule has 0 radical (unpaired) electrons. The van der Waals surface area contributed by atoms with Crippen molar-refractivity contribution in [1.82, 2.24) is 0 Å². The van der Waals surface area contributed by atoms with Crippen molar-refractivity contribution in [2.45, 2.75) is 11.7 Å². The van der Waals surface area contributed by atoms with Crippen molar-refractivity contribution in [3.8, 4) is 0 Å². The van der Waals surface area contributed by atoms with Gasteiger partial charge in [0.25, 0.3) is 0 Å². The summed E-state index contributed by atoms with van der Waals surface area (Å²) >= 11 is 0.141. The minimum absolute atomic E-state index is 0.141. The van der Waals surface area contributed by atoms with Crippen LogP contribution in [0.3, 0.4) is 0 Å². The number of benzene rings is 1. The van der Waals surface area contributed by atoms with Gasteiger partial charge >= 0.3 is 86.2 Å². The molecule has 0 aliphatic rings. The Morgan fingerprint density at radius 3 is 2.33 bits per heavy atom. The number of carbonyl (C=O) groups is 1. The van der Waals surface area contributed by atoms with Crippen LogP contribution in [-0.2, 0) is 9.36 Å². The van der Waals surface area contributed by atoms with E-state index >= 15 is 0 Å². The number of rotatable bonds is 4. The molecule has 0 fully saturated rings. The van der Waals surface area contributed by atoms with E-state index in [2.05, 4.69) is 12.1 Å². The van der Waals surface area contributed by atoms with Gasteiger partial charge in [0.2, 0.25) is 0 Å². The molecule has 0 saturated heterocycles. The third-order valence-corrected chi connectivity index (χ3v) is 2.97. The Kier molecular flexibility index (Phi) is 9.35. The minimum atomic E-state index is -0.833. The number of hydrogen-bond donors (Lipinski definition) is 2. The molecule has 1 aromatic rings. The second-order valence-electron chi connectivity index (χ2n) is 2.63. The van der Waals surface area contributed by atoms with Crippen LogP contribution in [0, 0.1) is 0 Å². The Morgan fingerprint density at radius 2 is 1.87 bits per heavy atom. The fourth-order valence-corrected chi connectivity index (χ4v) is 2.17. The second-order valence-corrected chi connectivity index (χ2v) is 4.44. The average Bonchev–Trinajstić information content (AvgIpc) is 2.20. The molecule has 1 aromatic carbocycles. The van der Waals surface area contributed by atoms with Crippen LogP contribution in [0.15, 0.2) is 30.3 Å². The summed E-state index contributed by atoms with van der Waals surface area (Å²) in [5.74, 6) is -0.696. The SMILES string of the molecule is O=C(O)C[CH2][Al+][c]1ccccc1.O=PO. The Labute approximate surface area is 95.9 Å². The van der Waals surface area contributed by atoms with Crippen molar-refractivity contribution in [3.05, 3.63) is 30.3 Å². The van der Waals surface area contributed by atoms with Gasteiger partial charge in [-0.25, -0.2) is 4.57 Å². The van der Waals surface area contributed by atoms with Gasteiger partial charge in [-0.15, -0.1) is 0 Å². The van der Waals surface area contributed by atoms with E-state index in [0.29, 0.717) is 6.42 Å². The number of carboxylic acid groups (broad SMARTS) is 1. The van der Waals surface area contributed by atoms with E-state index in [1.807, 2.05) is 18.2 Å². The van der Waals surface area contributed by atoms with Crippen LogP contribution in [0.5, 0.6) is 0 Å². The van der Waals surface area contributed by atoms with E-state index in [1.165, 1.54) is 4.43 Å². The number of hydrogen-bond acceptors (Lipinski definition) is 2. The first-order valence-corrected chi connectivity index (χ1v) is 6.43. The van der Waals surface area contributed by atoms with Crippen LogP contribution in [0.4, 0.5) is 0 Å². The van der Waals surface area contributed by atoms with Gasteiger partial charge in [0.05, 0.1) is 0 Å². The fourth-order valence-electron chi connectivity index (χ4n) is 0.951. The molecule has 0 saturated carbocycles. The molecular formula is C9H11AlO4P+. The summed E-state index contributed by atoms with van der Waals surface area (Å²) in [6, 6.07) is 10.1. The average molecular weight is 241 g/mol. The van der Waals surface area contributed by atoms with E-state index in [1.54, 1.807) is 0 Å². The Balaban J connectivity index is 0.000000583. The maximum atomic E-state index is 10.2. The first-order valence-electron chi connectivity index (χ1n) is 4.27. The number of carboxylic acids is 1. The van der Waals surface area contributed by atoms with Gasteiger partial charge in [0, 0.05) is 0 Å². The van der Waals surface area contributed by atoms with Crippen LogP contribution < -0.4 is 4.43 Å². The predicted molar refractivity (Wildman–Crippen MR) is 58.7 cm³/mol. The summed E-state index contributed by atoms with van der Waals surface area (Å²) in [6.07, 6.45) is 0.296. The smallest absolute Gasteiger partial charge is 0.310 e. The summed E-state index contributed by atoms with van der Waals surface area (Å²) in [5.41, 5.74) is 0. The van der Waals surface area contributed by atoms with Crippen molar-refractivity contribution >= 4 is 34.3 Å². The fraction of sp³-hybridized carbons (Fsp3) is 0.222. The molecule has 0 atom stereocenters. The van der Waals surface area contributed by atoms with E-state index in [4.69, 9.17) is 14.6 Å². The minimum Gasteiger partial charge on any atom is -0.310 e. The summed E-state index contributed by atoms with van der Waals surface area (Å²) in [4.78, 5) is 17.2. The van der Waals surface area contributed by atoms with Crippen LogP contribution in [0.1, 0.15) is 6.42 Å². The van der Waals surface area contributed by atoms with Gasteiger partial charge < -0.3 is 4.89 Å². The van der Waals surface area contributed by atoms with Gasteiger partial charge in [0.1, 0.15) is 0 Å². The molecule has 4 nitrogen and oxygen atoms in total. The number of aliphatic carboxylic acids is 1. The molecular weight excluding hydrogens is 230 g/mol. The van der Waals surface area contributed by atoms with E-state index in [9.17, 15) is 4.79 Å². The molecule has 2 N–H and O–H groups in total. The first-order chi connectivity index (χ1) is 7.20. The first kappa shape index (κ1) is 14.3. The van der Waals surface area contributed by atoms with Crippen molar-refractivity contribution in [1.29, 1.82) is 0 Å². The van der Waals surface area contributed by atoms with Crippen molar-refractivity contribution < 1.29 is 19.4 Å². The van der Waals surface area contributed by atoms with Gasteiger partial charge in [-0.05, 0) is 0 Å². The normalized spacial score (nSPS) is 8.60. The van der Waals surface area contributed by atoms with Gasteiger partial charge in [-0.2, -0.15) is 0 Å². The second kappa shape index (κ2) is 9.82. The molecule has 0 aliphatic heterocycles. The molecule has 1 rings (SSSR count). The predicted octanol–water partition coefficient (Wildman–Crippen LogP) is 1.09. The Hall–Kier alpha value is -0.718. The van der Waals surface area contributed by atoms with E-state index in [-0.39, 0.29) is 15.2 Å². The third kappa shape index (κ3) is 9.58. The molecule has 6 heteroatoms. The zero-order valence-electron chi connectivity index (χ0n) is 8.04. The zero-order valence-corrected chi connectivity index (χ0v) is 10.1. The van der Waals surface area contributed by atoms with Crippen LogP contribution in [-0.4, -0.2) is 31.2 Å². The molecule has 0 aromatic heterocycles. The van der Waals surface area contributed by atoms with Crippen molar-refractivity contribution in [2.75, 3.05) is 0 Å². The molecule has 0 spiro atoms. The van der Waals surface area contributed by atoms with Gasteiger partial charge in [-0.1, -0.05) is 0 Å². The summed E-state index contributed by atoms with van der Waals surface area (Å²) in [7, 11) is -0.833. The zero-order chi connectivity index (χ0) is 11.5. The topological polar surface area (TPSA) is 74.6 Å². The van der Waals surface area contributed by atoms with E-state index in [0.717, 1.165) is 5.28 Å². The van der Waals surface area contributed by atoms with Gasteiger partial charge in [-0.3, -0.25) is 0 Å². The molecule has 0 amide bonds. The van der Waals surface area contributed by atoms with Crippen LogP contribution in [0.2, 0.25) is 5.28 Å². The molecule has 15 heavy (non-hydrogen) atoms. The largest absolute Gasteiger partial charge is 0.324 e. The monoisotopic (exact) mass is 241 g/mol. The maximum absolute atomic E-state index is 10.2. The quantitative estimate of drug-likeness (QED) is 0.611. The molecule has 0 aliphatic carbocycles. The summed E-state index contributed by atoms with van der Waals surface area (Å²) < 4.78 is 9.75. The maximum Gasteiger partial charge on any atom is 0.324 e. The molecule has 0 unspecified atom stereocenters. The van der Waals surface area contributed by atoms with Crippen LogP contribution >= 0.6 is 8.69 Å². The molecule has 0 bridgehead atoms. The van der Waals surface area contributed by atoms with Crippen molar-refractivity contribution in [3.63, 3.8) is 0 Å². The Morgan fingerprint density at radius 1 is 1.33 bits per heavy atom. The standard InChI is InChI=1S/C6H5.C3H5O2.Al.HO2P/c1-2-4-6-5-3-1;1-2-3(4)5;;1-3-2/h1-5H;1-2H2,(H,4,5);;(H,1,2)/q;;+1;. The van der Waals surface area contributed by atoms with E-state index < -0.39 is 14.7 Å². The Bertz CT molecular complexity index is 291. The van der Waals surface area contributed by atoms with Gasteiger partial charge in [0.15, 0.2) is 0 Å². The molecule has 0 heterocycles. The van der Waals surface area contributed by atoms with Crippen LogP contribution in [0.25, 0.3) is 0 Å². The summed E-state index contributed by atoms with van der Waals surface area (Å²) in [6.45, 7) is 0. The third-order valence-electron chi connectivity index (χ3n) is 1.54. The van der Waals surface area contributed by atoms with Crippen molar-refractivity contribution in [2.24, 2.45) is 0 Å².